The molecule has 2 rings (SSSR count). The van der Waals surface area contributed by atoms with Gasteiger partial charge in [-0.15, -0.1) is 0 Å². The fourth-order valence-electron chi connectivity index (χ4n) is 3.07. The summed E-state index contributed by atoms with van der Waals surface area (Å²) in [6.07, 6.45) is 3.09. The minimum atomic E-state index is -0.992. The molecule has 1 heterocycles. The molecule has 5 nitrogen and oxygen atoms in total. The van der Waals surface area contributed by atoms with Crippen LogP contribution in [0.2, 0.25) is 0 Å². The van der Waals surface area contributed by atoms with E-state index >= 15 is 0 Å². The zero-order valence-corrected chi connectivity index (χ0v) is 13.7. The number of carboxylic acids is 1. The number of likely N-dealkylation sites (tertiary alicyclic amines) is 1. The van der Waals surface area contributed by atoms with E-state index in [1.807, 2.05) is 30.3 Å². The zero-order chi connectivity index (χ0) is 16.7. The van der Waals surface area contributed by atoms with E-state index in [2.05, 4.69) is 17.1 Å². The maximum atomic E-state index is 12.1. The predicted octanol–water partition coefficient (Wildman–Crippen LogP) is 1.92. The van der Waals surface area contributed by atoms with Gasteiger partial charge in [0.1, 0.15) is 6.04 Å². The zero-order valence-electron chi connectivity index (χ0n) is 13.7. The lowest BCUT2D eigenvalue weighted by atomic mass is 10.0. The summed E-state index contributed by atoms with van der Waals surface area (Å²) < 4.78 is 0. The molecule has 0 aromatic heterocycles. The average Bonchev–Trinajstić information content (AvgIpc) is 2.53. The first-order valence-corrected chi connectivity index (χ1v) is 8.33. The third-order valence-corrected chi connectivity index (χ3v) is 4.31. The predicted molar refractivity (Wildman–Crippen MR) is 89.2 cm³/mol. The quantitative estimate of drug-likeness (QED) is 0.806. The highest BCUT2D eigenvalue weighted by Crippen LogP contribution is 2.15. The van der Waals surface area contributed by atoms with Gasteiger partial charge in [-0.1, -0.05) is 37.3 Å². The second-order valence-corrected chi connectivity index (χ2v) is 6.45. The normalized spacial score (nSPS) is 20.0. The van der Waals surface area contributed by atoms with Gasteiger partial charge >= 0.3 is 5.97 Å². The van der Waals surface area contributed by atoms with Crippen molar-refractivity contribution in [3.05, 3.63) is 35.9 Å². The molecule has 126 valence electrons. The standard InChI is InChI=1S/C18H26N2O3/c1-14-6-5-10-20(13-14)11-9-17(21)19-16(18(22)23)12-15-7-3-2-4-8-15/h2-4,7-8,14,16H,5-6,9-13H2,1H3,(H,19,21)(H,22,23). The van der Waals surface area contributed by atoms with Crippen molar-refractivity contribution in [1.29, 1.82) is 0 Å². The Morgan fingerprint density at radius 2 is 2.09 bits per heavy atom. The number of carboxylic acid groups (broad SMARTS) is 1. The maximum Gasteiger partial charge on any atom is 0.326 e. The van der Waals surface area contributed by atoms with Gasteiger partial charge < -0.3 is 15.3 Å². The van der Waals surface area contributed by atoms with E-state index in [0.717, 1.165) is 18.7 Å². The lowest BCUT2D eigenvalue weighted by Crippen LogP contribution is -2.44. The van der Waals surface area contributed by atoms with Gasteiger partial charge in [-0.05, 0) is 30.9 Å². The third-order valence-electron chi connectivity index (χ3n) is 4.31. The Balaban J connectivity index is 1.80. The van der Waals surface area contributed by atoms with Crippen LogP contribution in [-0.4, -0.2) is 47.6 Å². The molecule has 1 aromatic rings. The van der Waals surface area contributed by atoms with Crippen LogP contribution >= 0.6 is 0 Å². The molecule has 1 aliphatic rings. The molecule has 23 heavy (non-hydrogen) atoms. The molecule has 2 unspecified atom stereocenters. The van der Waals surface area contributed by atoms with E-state index in [9.17, 15) is 14.7 Å². The molecular formula is C18H26N2O3. The van der Waals surface area contributed by atoms with Crippen molar-refractivity contribution in [3.8, 4) is 0 Å². The Hall–Kier alpha value is -1.88. The molecular weight excluding hydrogens is 292 g/mol. The minimum Gasteiger partial charge on any atom is -0.480 e. The first kappa shape index (κ1) is 17.5. The van der Waals surface area contributed by atoms with Crippen LogP contribution in [0.4, 0.5) is 0 Å². The summed E-state index contributed by atoms with van der Waals surface area (Å²) in [5, 5.41) is 12.0. The maximum absolute atomic E-state index is 12.1. The molecule has 1 aliphatic heterocycles. The summed E-state index contributed by atoms with van der Waals surface area (Å²) in [6, 6.07) is 8.50. The Morgan fingerprint density at radius 1 is 1.35 bits per heavy atom. The van der Waals surface area contributed by atoms with Crippen LogP contribution in [-0.2, 0) is 16.0 Å². The smallest absolute Gasteiger partial charge is 0.326 e. The van der Waals surface area contributed by atoms with Gasteiger partial charge in [0.15, 0.2) is 0 Å². The summed E-state index contributed by atoms with van der Waals surface area (Å²) in [5.74, 6) is -0.503. The second kappa shape index (κ2) is 8.67. The average molecular weight is 318 g/mol. The van der Waals surface area contributed by atoms with Crippen molar-refractivity contribution in [2.45, 2.75) is 38.6 Å². The first-order valence-electron chi connectivity index (χ1n) is 8.33. The van der Waals surface area contributed by atoms with Crippen molar-refractivity contribution in [2.24, 2.45) is 5.92 Å². The molecule has 2 atom stereocenters. The molecule has 5 heteroatoms. The summed E-state index contributed by atoms with van der Waals surface area (Å²) in [5.41, 5.74) is 0.907. The monoisotopic (exact) mass is 318 g/mol. The molecule has 2 N–H and O–H groups in total. The fourth-order valence-corrected chi connectivity index (χ4v) is 3.07. The Bertz CT molecular complexity index is 518. The summed E-state index contributed by atoms with van der Waals surface area (Å²) in [7, 11) is 0. The van der Waals surface area contributed by atoms with Gasteiger partial charge in [0.2, 0.25) is 5.91 Å². The van der Waals surface area contributed by atoms with E-state index in [-0.39, 0.29) is 5.91 Å². The Labute approximate surface area is 137 Å². The van der Waals surface area contributed by atoms with Gasteiger partial charge in [0.25, 0.3) is 0 Å². The van der Waals surface area contributed by atoms with E-state index in [4.69, 9.17) is 0 Å². The van der Waals surface area contributed by atoms with Crippen LogP contribution < -0.4 is 5.32 Å². The van der Waals surface area contributed by atoms with Gasteiger partial charge in [-0.2, -0.15) is 0 Å². The van der Waals surface area contributed by atoms with Crippen LogP contribution in [0.25, 0.3) is 0 Å². The summed E-state index contributed by atoms with van der Waals surface area (Å²) in [6.45, 7) is 4.99. The van der Waals surface area contributed by atoms with E-state index in [0.29, 0.717) is 25.3 Å². The number of hydrogen-bond donors (Lipinski definition) is 2. The van der Waals surface area contributed by atoms with Crippen molar-refractivity contribution in [1.82, 2.24) is 10.2 Å². The molecule has 1 amide bonds. The van der Waals surface area contributed by atoms with Gasteiger partial charge in [0, 0.05) is 25.9 Å². The molecule has 0 radical (unpaired) electrons. The van der Waals surface area contributed by atoms with Crippen molar-refractivity contribution >= 4 is 11.9 Å². The van der Waals surface area contributed by atoms with Crippen molar-refractivity contribution in [3.63, 3.8) is 0 Å². The van der Waals surface area contributed by atoms with Crippen molar-refractivity contribution in [2.75, 3.05) is 19.6 Å². The number of carbonyl (C=O) groups excluding carboxylic acids is 1. The number of amides is 1. The van der Waals surface area contributed by atoms with Crippen LogP contribution in [0.1, 0.15) is 31.7 Å². The van der Waals surface area contributed by atoms with Crippen LogP contribution in [0, 0.1) is 5.92 Å². The SMILES string of the molecule is CC1CCCN(CCC(=O)NC(Cc2ccccc2)C(=O)O)C1. The number of aliphatic carboxylic acids is 1. The minimum absolute atomic E-state index is 0.188. The number of nitrogens with zero attached hydrogens (tertiary/aromatic N) is 1. The molecule has 1 fully saturated rings. The van der Waals surface area contributed by atoms with Gasteiger partial charge in [-0.3, -0.25) is 4.79 Å². The Morgan fingerprint density at radius 3 is 2.74 bits per heavy atom. The summed E-state index contributed by atoms with van der Waals surface area (Å²) in [4.78, 5) is 25.7. The van der Waals surface area contributed by atoms with Gasteiger partial charge in [-0.25, -0.2) is 4.79 Å². The lowest BCUT2D eigenvalue weighted by Gasteiger charge is -2.30. The van der Waals surface area contributed by atoms with Crippen LogP contribution in [0.5, 0.6) is 0 Å². The highest BCUT2D eigenvalue weighted by atomic mass is 16.4. The van der Waals surface area contributed by atoms with E-state index < -0.39 is 12.0 Å². The van der Waals surface area contributed by atoms with E-state index in [1.165, 1.54) is 12.8 Å². The van der Waals surface area contributed by atoms with Gasteiger partial charge in [0.05, 0.1) is 0 Å². The fraction of sp³-hybridized carbons (Fsp3) is 0.556. The van der Waals surface area contributed by atoms with Crippen LogP contribution in [0.3, 0.4) is 0 Å². The molecule has 0 spiro atoms. The highest BCUT2D eigenvalue weighted by molar-refractivity contribution is 5.83. The number of hydrogen-bond acceptors (Lipinski definition) is 3. The topological polar surface area (TPSA) is 69.6 Å². The highest BCUT2D eigenvalue weighted by Gasteiger charge is 2.21. The summed E-state index contributed by atoms with van der Waals surface area (Å²) >= 11 is 0. The number of rotatable bonds is 7. The number of carbonyl (C=O) groups is 2. The van der Waals surface area contributed by atoms with E-state index in [1.54, 1.807) is 0 Å². The largest absolute Gasteiger partial charge is 0.480 e. The molecule has 0 bridgehead atoms. The second-order valence-electron chi connectivity index (χ2n) is 6.45. The number of benzene rings is 1. The molecule has 1 aromatic carbocycles. The lowest BCUT2D eigenvalue weighted by molar-refractivity contribution is -0.141. The Kier molecular flexibility index (Phi) is 6.59. The molecule has 1 saturated heterocycles. The number of nitrogens with one attached hydrogen (secondary N) is 1. The molecule has 0 saturated carbocycles. The van der Waals surface area contributed by atoms with Crippen molar-refractivity contribution < 1.29 is 14.7 Å². The first-order chi connectivity index (χ1) is 11.0. The molecule has 0 aliphatic carbocycles. The third kappa shape index (κ3) is 6.02. The number of piperidine rings is 1. The van der Waals surface area contributed by atoms with Crippen LogP contribution in [0.15, 0.2) is 30.3 Å².